The minimum atomic E-state index is -0.727. The number of hydrogen-bond donors (Lipinski definition) is 3. The molecule has 0 aromatic heterocycles. The molecule has 0 heterocycles. The molecule has 0 aliphatic carbocycles. The lowest BCUT2D eigenvalue weighted by Gasteiger charge is -2.29. The second kappa shape index (κ2) is 23.9. The third-order valence-corrected chi connectivity index (χ3v) is 8.17. The van der Waals surface area contributed by atoms with Gasteiger partial charge in [-0.15, -0.1) is 0 Å². The molecule has 4 heteroatoms. The predicted octanol–water partition coefficient (Wildman–Crippen LogP) is 10.6. The zero-order valence-corrected chi connectivity index (χ0v) is 24.1. The van der Waals surface area contributed by atoms with Crippen LogP contribution in [0, 0.1) is 5.92 Å². The third kappa shape index (κ3) is 21.2. The van der Waals surface area contributed by atoms with E-state index in [9.17, 15) is 9.90 Å². The number of thiol groups is 2. The maximum atomic E-state index is 11.9. The summed E-state index contributed by atoms with van der Waals surface area (Å²) < 4.78 is -0.691. The molecule has 33 heavy (non-hydrogen) atoms. The molecule has 0 saturated carbocycles. The first kappa shape index (κ1) is 33.2. The van der Waals surface area contributed by atoms with Crippen LogP contribution in [0.5, 0.6) is 0 Å². The fraction of sp³-hybridized carbons (Fsp3) is 0.966. The summed E-state index contributed by atoms with van der Waals surface area (Å²) in [6.45, 7) is 4.53. The summed E-state index contributed by atoms with van der Waals surface area (Å²) in [6, 6.07) is 0. The molecular formula is C29H58O2S2. The molecule has 1 atom stereocenters. The lowest BCUT2D eigenvalue weighted by molar-refractivity contribution is -0.142. The van der Waals surface area contributed by atoms with Crippen molar-refractivity contribution in [3.63, 3.8) is 0 Å². The van der Waals surface area contributed by atoms with Gasteiger partial charge in [-0.3, -0.25) is 4.79 Å². The van der Waals surface area contributed by atoms with Crippen LogP contribution in [0.25, 0.3) is 0 Å². The average molecular weight is 503 g/mol. The monoisotopic (exact) mass is 502 g/mol. The van der Waals surface area contributed by atoms with Gasteiger partial charge in [0.25, 0.3) is 0 Å². The van der Waals surface area contributed by atoms with E-state index in [1.807, 2.05) is 0 Å². The van der Waals surface area contributed by atoms with Crippen molar-refractivity contribution in [1.82, 2.24) is 0 Å². The van der Waals surface area contributed by atoms with Crippen molar-refractivity contribution in [2.75, 3.05) is 0 Å². The molecule has 1 N–H and O–H groups in total. The van der Waals surface area contributed by atoms with Gasteiger partial charge in [0.2, 0.25) is 0 Å². The van der Waals surface area contributed by atoms with Crippen LogP contribution in [0.3, 0.4) is 0 Å². The second-order valence-corrected chi connectivity index (χ2v) is 12.3. The Morgan fingerprint density at radius 2 is 0.879 bits per heavy atom. The first-order valence-electron chi connectivity index (χ1n) is 14.6. The van der Waals surface area contributed by atoms with Crippen molar-refractivity contribution in [3.8, 4) is 0 Å². The van der Waals surface area contributed by atoms with Crippen molar-refractivity contribution >= 4 is 31.2 Å². The van der Waals surface area contributed by atoms with Gasteiger partial charge in [0.1, 0.15) is 0 Å². The van der Waals surface area contributed by atoms with Crippen LogP contribution in [0.1, 0.15) is 168 Å². The number of carboxylic acids is 1. The second-order valence-electron chi connectivity index (χ2n) is 10.4. The van der Waals surface area contributed by atoms with Crippen LogP contribution in [-0.4, -0.2) is 15.2 Å². The van der Waals surface area contributed by atoms with E-state index in [0.717, 1.165) is 25.7 Å². The highest BCUT2D eigenvalue weighted by Crippen LogP contribution is 2.38. The molecule has 0 amide bonds. The topological polar surface area (TPSA) is 37.3 Å². The third-order valence-electron chi connectivity index (χ3n) is 7.10. The highest BCUT2D eigenvalue weighted by molar-refractivity contribution is 8.00. The van der Waals surface area contributed by atoms with E-state index in [1.165, 1.54) is 122 Å². The summed E-state index contributed by atoms with van der Waals surface area (Å²) in [5, 5.41) is 9.75. The zero-order chi connectivity index (χ0) is 24.6. The molecule has 1 unspecified atom stereocenters. The van der Waals surface area contributed by atoms with Crippen LogP contribution in [0.2, 0.25) is 0 Å². The Labute approximate surface area is 218 Å². The van der Waals surface area contributed by atoms with Gasteiger partial charge in [-0.05, 0) is 12.8 Å². The lowest BCUT2D eigenvalue weighted by Crippen LogP contribution is -2.33. The normalized spacial score (nSPS) is 12.8. The standard InChI is InChI=1S/C29H58O2S2/c1-3-5-7-9-11-13-15-17-19-21-23-25-27(28(30)31)29(32,33)26-24-22-20-18-16-14-12-10-8-6-4-2/h27,32-33H,3-26H2,1-2H3,(H,30,31). The first-order valence-corrected chi connectivity index (χ1v) is 15.5. The van der Waals surface area contributed by atoms with Crippen LogP contribution in [0.4, 0.5) is 0 Å². The molecule has 0 rings (SSSR count). The molecular weight excluding hydrogens is 444 g/mol. The van der Waals surface area contributed by atoms with Gasteiger partial charge in [0.15, 0.2) is 0 Å². The van der Waals surface area contributed by atoms with Gasteiger partial charge in [0.05, 0.1) is 10.00 Å². The highest BCUT2D eigenvalue weighted by Gasteiger charge is 2.36. The largest absolute Gasteiger partial charge is 0.481 e. The highest BCUT2D eigenvalue weighted by atomic mass is 32.2. The van der Waals surface area contributed by atoms with Crippen molar-refractivity contribution in [2.24, 2.45) is 5.92 Å². The van der Waals surface area contributed by atoms with Crippen LogP contribution >= 0.6 is 25.3 Å². The average Bonchev–Trinajstić information content (AvgIpc) is 2.77. The lowest BCUT2D eigenvalue weighted by atomic mass is 9.92. The molecule has 0 saturated heterocycles. The SMILES string of the molecule is CCCCCCCCCCCCCC(C(=O)O)C(S)(S)CCCCCCCCCCCCC. The Morgan fingerprint density at radius 3 is 1.21 bits per heavy atom. The number of aliphatic carboxylic acids is 1. The first-order chi connectivity index (χ1) is 16.0. The number of hydrogen-bond acceptors (Lipinski definition) is 3. The number of unbranched alkanes of at least 4 members (excludes halogenated alkanes) is 20. The summed E-state index contributed by atoms with van der Waals surface area (Å²) in [7, 11) is 0. The smallest absolute Gasteiger partial charge is 0.308 e. The van der Waals surface area contributed by atoms with Gasteiger partial charge >= 0.3 is 5.97 Å². The van der Waals surface area contributed by atoms with Gasteiger partial charge in [-0.1, -0.05) is 155 Å². The molecule has 0 aromatic rings. The Morgan fingerprint density at radius 1 is 0.576 bits per heavy atom. The molecule has 0 bridgehead atoms. The summed E-state index contributed by atoms with van der Waals surface area (Å²) in [5.74, 6) is -1.18. The van der Waals surface area contributed by atoms with Crippen LogP contribution in [-0.2, 0) is 4.79 Å². The summed E-state index contributed by atoms with van der Waals surface area (Å²) in [6.07, 6.45) is 30.0. The number of carbonyl (C=O) groups is 1. The minimum Gasteiger partial charge on any atom is -0.481 e. The maximum absolute atomic E-state index is 11.9. The fourth-order valence-corrected chi connectivity index (χ4v) is 5.58. The van der Waals surface area contributed by atoms with Crippen LogP contribution in [0.15, 0.2) is 0 Å². The van der Waals surface area contributed by atoms with E-state index >= 15 is 0 Å². The van der Waals surface area contributed by atoms with E-state index in [1.54, 1.807) is 0 Å². The predicted molar refractivity (Wildman–Crippen MR) is 154 cm³/mol. The van der Waals surface area contributed by atoms with Crippen molar-refractivity contribution in [2.45, 2.75) is 172 Å². The molecule has 0 aliphatic heterocycles. The Kier molecular flexibility index (Phi) is 24.0. The molecule has 0 aromatic carbocycles. The Balaban J connectivity index is 3.79. The van der Waals surface area contributed by atoms with E-state index in [2.05, 4.69) is 13.8 Å². The summed E-state index contributed by atoms with van der Waals surface area (Å²) in [5.41, 5.74) is 0. The van der Waals surface area contributed by atoms with E-state index in [-0.39, 0.29) is 0 Å². The van der Waals surface area contributed by atoms with Gasteiger partial charge in [-0.2, -0.15) is 25.3 Å². The summed E-state index contributed by atoms with van der Waals surface area (Å²) in [4.78, 5) is 11.9. The van der Waals surface area contributed by atoms with Crippen molar-refractivity contribution in [1.29, 1.82) is 0 Å². The molecule has 0 radical (unpaired) electrons. The molecule has 2 nitrogen and oxygen atoms in total. The van der Waals surface area contributed by atoms with Gasteiger partial charge < -0.3 is 5.11 Å². The Bertz CT molecular complexity index is 426. The van der Waals surface area contributed by atoms with E-state index < -0.39 is 16.0 Å². The van der Waals surface area contributed by atoms with E-state index in [0.29, 0.717) is 6.42 Å². The maximum Gasteiger partial charge on any atom is 0.308 e. The Hall–Kier alpha value is 0.170. The quantitative estimate of drug-likeness (QED) is 0.0625. The zero-order valence-electron chi connectivity index (χ0n) is 22.3. The summed E-state index contributed by atoms with van der Waals surface area (Å²) >= 11 is 9.42. The molecule has 0 spiro atoms. The van der Waals surface area contributed by atoms with E-state index in [4.69, 9.17) is 25.3 Å². The number of rotatable bonds is 26. The number of carboxylic acid groups (broad SMARTS) is 1. The minimum absolute atomic E-state index is 0.453. The van der Waals surface area contributed by atoms with Crippen molar-refractivity contribution < 1.29 is 9.90 Å². The molecule has 198 valence electrons. The molecule has 0 fully saturated rings. The van der Waals surface area contributed by atoms with Gasteiger partial charge in [-0.25, -0.2) is 0 Å². The van der Waals surface area contributed by atoms with Crippen molar-refractivity contribution in [3.05, 3.63) is 0 Å². The fourth-order valence-electron chi connectivity index (χ4n) is 4.79. The van der Waals surface area contributed by atoms with Gasteiger partial charge in [0, 0.05) is 0 Å². The molecule has 0 aliphatic rings. The van der Waals surface area contributed by atoms with Crippen LogP contribution < -0.4 is 0 Å².